The SMILES string of the molecule is CC(C)(C)C(Nc1cc(Cl)nc(N)n1)c1cccs1. The Balaban J connectivity index is 2.31. The molecule has 19 heavy (non-hydrogen) atoms. The number of nitrogens with one attached hydrogen (secondary N) is 1. The number of thiophene rings is 1. The molecule has 2 heterocycles. The fraction of sp³-hybridized carbons (Fsp3) is 0.385. The number of nitrogens with zero attached hydrogens (tertiary/aromatic N) is 2. The van der Waals surface area contributed by atoms with Crippen LogP contribution in [0.3, 0.4) is 0 Å². The van der Waals surface area contributed by atoms with Gasteiger partial charge in [0.2, 0.25) is 5.95 Å². The molecule has 0 spiro atoms. The standard InChI is InChI=1S/C13H17ClN4S/c1-13(2,3)11(8-5-4-6-19-8)17-10-7-9(14)16-12(15)18-10/h4-7,11H,1-3H3,(H3,15,16,17,18). The predicted octanol–water partition coefficient (Wildman–Crippen LogP) is 3.97. The molecule has 0 aliphatic rings. The molecule has 2 aromatic heterocycles. The van der Waals surface area contributed by atoms with Crippen LogP contribution in [0.2, 0.25) is 5.15 Å². The lowest BCUT2D eigenvalue weighted by molar-refractivity contribution is 0.351. The van der Waals surface area contributed by atoms with Gasteiger partial charge in [0.15, 0.2) is 0 Å². The van der Waals surface area contributed by atoms with Crippen molar-refractivity contribution in [3.63, 3.8) is 0 Å². The molecular weight excluding hydrogens is 280 g/mol. The lowest BCUT2D eigenvalue weighted by atomic mass is 9.86. The fourth-order valence-electron chi connectivity index (χ4n) is 1.83. The second-order valence-electron chi connectivity index (χ2n) is 5.39. The van der Waals surface area contributed by atoms with E-state index in [4.69, 9.17) is 17.3 Å². The molecule has 4 nitrogen and oxygen atoms in total. The Hall–Kier alpha value is -1.33. The van der Waals surface area contributed by atoms with Crippen molar-refractivity contribution in [2.75, 3.05) is 11.1 Å². The van der Waals surface area contributed by atoms with Crippen molar-refractivity contribution < 1.29 is 0 Å². The van der Waals surface area contributed by atoms with E-state index in [0.29, 0.717) is 11.0 Å². The van der Waals surface area contributed by atoms with Crippen molar-refractivity contribution in [3.8, 4) is 0 Å². The molecule has 2 aromatic rings. The van der Waals surface area contributed by atoms with E-state index < -0.39 is 0 Å². The summed E-state index contributed by atoms with van der Waals surface area (Å²) < 4.78 is 0. The van der Waals surface area contributed by atoms with Crippen molar-refractivity contribution in [1.82, 2.24) is 9.97 Å². The minimum atomic E-state index is 0.0387. The number of hydrogen-bond acceptors (Lipinski definition) is 5. The third-order valence-electron chi connectivity index (χ3n) is 2.70. The molecule has 102 valence electrons. The molecule has 0 bridgehead atoms. The summed E-state index contributed by atoms with van der Waals surface area (Å²) in [6.45, 7) is 6.53. The highest BCUT2D eigenvalue weighted by Crippen LogP contribution is 2.37. The summed E-state index contributed by atoms with van der Waals surface area (Å²) in [5.74, 6) is 0.819. The van der Waals surface area contributed by atoms with Crippen LogP contribution in [-0.2, 0) is 0 Å². The van der Waals surface area contributed by atoms with E-state index in [-0.39, 0.29) is 17.4 Å². The van der Waals surface area contributed by atoms with E-state index in [1.165, 1.54) is 4.88 Å². The summed E-state index contributed by atoms with van der Waals surface area (Å²) in [7, 11) is 0. The van der Waals surface area contributed by atoms with Gasteiger partial charge in [-0.1, -0.05) is 38.4 Å². The lowest BCUT2D eigenvalue weighted by Gasteiger charge is -2.31. The van der Waals surface area contributed by atoms with Crippen LogP contribution < -0.4 is 11.1 Å². The highest BCUT2D eigenvalue weighted by atomic mass is 35.5. The summed E-state index contributed by atoms with van der Waals surface area (Å²) in [6, 6.07) is 5.98. The van der Waals surface area contributed by atoms with Crippen LogP contribution in [0.1, 0.15) is 31.7 Å². The number of halogens is 1. The summed E-state index contributed by atoms with van der Waals surface area (Å²) in [4.78, 5) is 9.28. The van der Waals surface area contributed by atoms with Gasteiger partial charge in [-0.2, -0.15) is 4.98 Å². The van der Waals surface area contributed by atoms with Gasteiger partial charge in [-0.25, -0.2) is 4.98 Å². The van der Waals surface area contributed by atoms with Crippen molar-refractivity contribution in [2.24, 2.45) is 5.41 Å². The summed E-state index contributed by atoms with van der Waals surface area (Å²) >= 11 is 7.62. The van der Waals surface area contributed by atoms with Gasteiger partial charge in [-0.15, -0.1) is 11.3 Å². The van der Waals surface area contributed by atoms with Crippen LogP contribution in [0, 0.1) is 5.41 Å². The number of nitrogen functional groups attached to an aromatic ring is 1. The second kappa shape index (κ2) is 5.35. The Labute approximate surface area is 122 Å². The fourth-order valence-corrected chi connectivity index (χ4v) is 3.04. The summed E-state index contributed by atoms with van der Waals surface area (Å²) in [5, 5.41) is 5.81. The number of nitrogens with two attached hydrogens (primary N) is 1. The zero-order chi connectivity index (χ0) is 14.0. The predicted molar refractivity (Wildman–Crippen MR) is 81.6 cm³/mol. The van der Waals surface area contributed by atoms with Crippen molar-refractivity contribution in [3.05, 3.63) is 33.6 Å². The molecule has 0 aliphatic carbocycles. The molecule has 6 heteroatoms. The molecule has 1 unspecified atom stereocenters. The average Bonchev–Trinajstić information content (AvgIpc) is 2.75. The Morgan fingerprint density at radius 2 is 2.11 bits per heavy atom. The molecule has 0 saturated heterocycles. The van der Waals surface area contributed by atoms with Crippen molar-refractivity contribution in [2.45, 2.75) is 26.8 Å². The third kappa shape index (κ3) is 3.58. The molecule has 1 atom stereocenters. The summed E-state index contributed by atoms with van der Waals surface area (Å²) in [6.07, 6.45) is 0. The van der Waals surface area contributed by atoms with Gasteiger partial charge in [0, 0.05) is 10.9 Å². The van der Waals surface area contributed by atoms with Gasteiger partial charge >= 0.3 is 0 Å². The maximum absolute atomic E-state index is 5.90. The topological polar surface area (TPSA) is 63.8 Å². The molecule has 0 aromatic carbocycles. The van der Waals surface area contributed by atoms with Crippen LogP contribution in [-0.4, -0.2) is 9.97 Å². The van der Waals surface area contributed by atoms with E-state index in [2.05, 4.69) is 47.5 Å². The quantitative estimate of drug-likeness (QED) is 0.841. The van der Waals surface area contributed by atoms with Crippen LogP contribution in [0.25, 0.3) is 0 Å². The number of hydrogen-bond donors (Lipinski definition) is 2. The monoisotopic (exact) mass is 296 g/mol. The number of anilines is 2. The lowest BCUT2D eigenvalue weighted by Crippen LogP contribution is -2.25. The van der Waals surface area contributed by atoms with Crippen LogP contribution in [0.4, 0.5) is 11.8 Å². The first-order valence-electron chi connectivity index (χ1n) is 5.96. The Bertz CT molecular complexity index is 528. The molecular formula is C13H17ClN4S. The van der Waals surface area contributed by atoms with E-state index in [9.17, 15) is 0 Å². The van der Waals surface area contributed by atoms with Crippen LogP contribution in [0.15, 0.2) is 23.6 Å². The molecule has 0 radical (unpaired) electrons. The minimum absolute atomic E-state index is 0.0387. The third-order valence-corrected chi connectivity index (χ3v) is 3.83. The van der Waals surface area contributed by atoms with Crippen LogP contribution >= 0.6 is 22.9 Å². The van der Waals surface area contributed by atoms with E-state index in [0.717, 1.165) is 0 Å². The highest BCUT2D eigenvalue weighted by molar-refractivity contribution is 7.10. The molecule has 3 N–H and O–H groups in total. The van der Waals surface area contributed by atoms with E-state index in [1.54, 1.807) is 17.4 Å². The van der Waals surface area contributed by atoms with Gasteiger partial charge in [-0.05, 0) is 16.9 Å². The normalized spacial score (nSPS) is 13.3. The van der Waals surface area contributed by atoms with Gasteiger partial charge in [0.05, 0.1) is 6.04 Å². The first-order chi connectivity index (χ1) is 8.86. The van der Waals surface area contributed by atoms with E-state index in [1.807, 2.05) is 6.07 Å². The van der Waals surface area contributed by atoms with Crippen LogP contribution in [0.5, 0.6) is 0 Å². The first-order valence-corrected chi connectivity index (χ1v) is 7.22. The van der Waals surface area contributed by atoms with Crippen molar-refractivity contribution in [1.29, 1.82) is 0 Å². The van der Waals surface area contributed by atoms with Gasteiger partial charge < -0.3 is 11.1 Å². The molecule has 0 amide bonds. The first kappa shape index (κ1) is 14.1. The van der Waals surface area contributed by atoms with E-state index >= 15 is 0 Å². The van der Waals surface area contributed by atoms with Gasteiger partial charge in [0.25, 0.3) is 0 Å². The zero-order valence-corrected chi connectivity index (χ0v) is 12.7. The Morgan fingerprint density at radius 3 is 2.63 bits per heavy atom. The molecule has 0 fully saturated rings. The minimum Gasteiger partial charge on any atom is -0.368 e. The largest absolute Gasteiger partial charge is 0.368 e. The molecule has 0 saturated carbocycles. The number of aromatic nitrogens is 2. The second-order valence-corrected chi connectivity index (χ2v) is 6.76. The highest BCUT2D eigenvalue weighted by Gasteiger charge is 2.27. The maximum Gasteiger partial charge on any atom is 0.223 e. The Kier molecular flexibility index (Phi) is 3.96. The van der Waals surface area contributed by atoms with Gasteiger partial charge in [0.1, 0.15) is 11.0 Å². The number of rotatable bonds is 3. The maximum atomic E-state index is 5.90. The summed E-state index contributed by atoms with van der Waals surface area (Å²) in [5.41, 5.74) is 5.66. The van der Waals surface area contributed by atoms with Crippen molar-refractivity contribution >= 4 is 34.7 Å². The molecule has 0 aliphatic heterocycles. The smallest absolute Gasteiger partial charge is 0.223 e. The van der Waals surface area contributed by atoms with Gasteiger partial charge in [-0.3, -0.25) is 0 Å². The molecule has 2 rings (SSSR count). The average molecular weight is 297 g/mol. The zero-order valence-electron chi connectivity index (χ0n) is 11.1. The Morgan fingerprint density at radius 1 is 1.37 bits per heavy atom.